The molecule has 0 spiro atoms. The van der Waals surface area contributed by atoms with E-state index in [0.717, 1.165) is 11.0 Å². The second-order valence-corrected chi connectivity index (χ2v) is 5.50. The fraction of sp³-hybridized carbons (Fsp3) is 0.353. The van der Waals surface area contributed by atoms with Gasteiger partial charge in [-0.15, -0.1) is 0 Å². The Bertz CT molecular complexity index is 640. The Kier molecular flexibility index (Phi) is 3.80. The average Bonchev–Trinajstić information content (AvgIpc) is 2.90. The summed E-state index contributed by atoms with van der Waals surface area (Å²) in [6.07, 6.45) is 3.39. The van der Waals surface area contributed by atoms with Crippen molar-refractivity contribution >= 4 is 23.0 Å². The molecule has 1 aliphatic heterocycles. The molecule has 3 rings (SSSR count). The number of amides is 1. The predicted octanol–water partition coefficient (Wildman–Crippen LogP) is 3.08. The molecule has 2 atom stereocenters. The van der Waals surface area contributed by atoms with Crippen molar-refractivity contribution in [3.8, 4) is 0 Å². The summed E-state index contributed by atoms with van der Waals surface area (Å²) in [5.41, 5.74) is 0.831. The normalized spacial score (nSPS) is 23.0. The van der Waals surface area contributed by atoms with Crippen LogP contribution in [0.4, 0.5) is 0 Å². The van der Waals surface area contributed by atoms with Gasteiger partial charge in [0.25, 0.3) is 0 Å². The lowest BCUT2D eigenvalue weighted by Crippen LogP contribution is -2.49. The van der Waals surface area contributed by atoms with Crippen LogP contribution in [0, 0.1) is 0 Å². The van der Waals surface area contributed by atoms with Gasteiger partial charge in [0.2, 0.25) is 5.91 Å². The largest absolute Gasteiger partial charge is 0.457 e. The first kappa shape index (κ1) is 13.9. The van der Waals surface area contributed by atoms with Crippen LogP contribution >= 0.6 is 0 Å². The van der Waals surface area contributed by atoms with Gasteiger partial charge in [0.15, 0.2) is 0 Å². The molecule has 2 heterocycles. The molecule has 0 saturated carbocycles. The van der Waals surface area contributed by atoms with Crippen molar-refractivity contribution in [3.63, 3.8) is 0 Å². The van der Waals surface area contributed by atoms with Crippen LogP contribution in [0.25, 0.3) is 17.0 Å². The lowest BCUT2D eigenvalue weighted by molar-refractivity contribution is -0.137. The van der Waals surface area contributed by atoms with Crippen LogP contribution in [0.5, 0.6) is 0 Å². The van der Waals surface area contributed by atoms with Crippen molar-refractivity contribution < 1.29 is 13.9 Å². The summed E-state index contributed by atoms with van der Waals surface area (Å²) in [4.78, 5) is 14.1. The second kappa shape index (κ2) is 5.74. The van der Waals surface area contributed by atoms with Gasteiger partial charge >= 0.3 is 0 Å². The number of nitrogens with zero attached hydrogens (tertiary/aromatic N) is 1. The molecule has 1 fully saturated rings. The number of rotatable bonds is 2. The van der Waals surface area contributed by atoms with Gasteiger partial charge in [-0.05, 0) is 32.1 Å². The summed E-state index contributed by atoms with van der Waals surface area (Å²) in [6.45, 7) is 5.20. The number of ether oxygens (including phenoxy) is 1. The van der Waals surface area contributed by atoms with Crippen LogP contribution in [0.2, 0.25) is 0 Å². The van der Waals surface area contributed by atoms with Crippen LogP contribution in [-0.4, -0.2) is 36.1 Å². The Hall–Kier alpha value is -2.07. The average molecular weight is 285 g/mol. The molecule has 1 amide bonds. The molecule has 110 valence electrons. The first-order valence-electron chi connectivity index (χ1n) is 7.22. The molecule has 1 aromatic heterocycles. The molecule has 4 heteroatoms. The third-order valence-corrected chi connectivity index (χ3v) is 3.73. The molecule has 1 aliphatic rings. The highest BCUT2D eigenvalue weighted by atomic mass is 16.5. The van der Waals surface area contributed by atoms with E-state index in [2.05, 4.69) is 0 Å². The van der Waals surface area contributed by atoms with Crippen molar-refractivity contribution in [1.82, 2.24) is 4.90 Å². The number of hydrogen-bond acceptors (Lipinski definition) is 3. The first-order valence-corrected chi connectivity index (χ1v) is 7.22. The molecule has 0 bridgehead atoms. The van der Waals surface area contributed by atoms with Crippen LogP contribution < -0.4 is 0 Å². The van der Waals surface area contributed by atoms with Gasteiger partial charge in [-0.2, -0.15) is 0 Å². The molecular weight excluding hydrogens is 266 g/mol. The zero-order valence-electron chi connectivity index (χ0n) is 12.3. The van der Waals surface area contributed by atoms with E-state index in [-0.39, 0.29) is 18.1 Å². The Morgan fingerprint density at radius 2 is 2.14 bits per heavy atom. The van der Waals surface area contributed by atoms with E-state index < -0.39 is 0 Å². The fourth-order valence-corrected chi connectivity index (χ4v) is 2.54. The Labute approximate surface area is 124 Å². The van der Waals surface area contributed by atoms with Crippen LogP contribution in [-0.2, 0) is 9.53 Å². The van der Waals surface area contributed by atoms with Gasteiger partial charge in [0.1, 0.15) is 11.3 Å². The fourth-order valence-electron chi connectivity index (χ4n) is 2.54. The highest BCUT2D eigenvalue weighted by molar-refractivity contribution is 5.92. The molecule has 0 aliphatic carbocycles. The van der Waals surface area contributed by atoms with E-state index in [0.29, 0.717) is 18.9 Å². The molecule has 4 nitrogen and oxygen atoms in total. The number of benzene rings is 1. The Morgan fingerprint density at radius 3 is 2.95 bits per heavy atom. The maximum absolute atomic E-state index is 12.3. The van der Waals surface area contributed by atoms with E-state index in [1.165, 1.54) is 0 Å². The lowest BCUT2D eigenvalue weighted by atomic mass is 10.2. The van der Waals surface area contributed by atoms with Gasteiger partial charge in [0.05, 0.1) is 18.8 Å². The highest BCUT2D eigenvalue weighted by Crippen LogP contribution is 2.20. The topological polar surface area (TPSA) is 42.7 Å². The number of carbonyl (C=O) groups excluding carboxylic acids is 1. The molecule has 1 aromatic carbocycles. The van der Waals surface area contributed by atoms with Crippen LogP contribution in [0.3, 0.4) is 0 Å². The third-order valence-electron chi connectivity index (χ3n) is 3.73. The standard InChI is InChI=1S/C17H19NO3/c1-12-11-20-13(2)10-18(12)17(19)8-7-15-9-14-5-3-4-6-16(14)21-15/h3-9,12-13H,10-11H2,1-2H3/b8-7+. The van der Waals surface area contributed by atoms with E-state index >= 15 is 0 Å². The van der Waals surface area contributed by atoms with E-state index in [1.54, 1.807) is 12.2 Å². The van der Waals surface area contributed by atoms with Gasteiger partial charge in [-0.3, -0.25) is 4.79 Å². The summed E-state index contributed by atoms with van der Waals surface area (Å²) < 4.78 is 11.2. The third kappa shape index (κ3) is 3.00. The first-order chi connectivity index (χ1) is 10.1. The van der Waals surface area contributed by atoms with Crippen molar-refractivity contribution in [3.05, 3.63) is 42.2 Å². The van der Waals surface area contributed by atoms with Gasteiger partial charge < -0.3 is 14.1 Å². The summed E-state index contributed by atoms with van der Waals surface area (Å²) in [5.74, 6) is 0.691. The summed E-state index contributed by atoms with van der Waals surface area (Å²) >= 11 is 0. The number of furan rings is 1. The second-order valence-electron chi connectivity index (χ2n) is 5.50. The summed E-state index contributed by atoms with van der Waals surface area (Å²) in [5, 5.41) is 1.04. The maximum Gasteiger partial charge on any atom is 0.247 e. The van der Waals surface area contributed by atoms with Crippen molar-refractivity contribution in [2.75, 3.05) is 13.2 Å². The SMILES string of the molecule is CC1CN(C(=O)/C=C/c2cc3ccccc3o2)C(C)CO1. The zero-order valence-corrected chi connectivity index (χ0v) is 12.3. The molecule has 1 saturated heterocycles. The van der Waals surface area contributed by atoms with Gasteiger partial charge in [-0.1, -0.05) is 18.2 Å². The van der Waals surface area contributed by atoms with Gasteiger partial charge in [-0.25, -0.2) is 0 Å². The Balaban J connectivity index is 1.74. The van der Waals surface area contributed by atoms with Crippen LogP contribution in [0.15, 0.2) is 40.8 Å². The minimum atomic E-state index is -0.00175. The Morgan fingerprint density at radius 1 is 1.33 bits per heavy atom. The highest BCUT2D eigenvalue weighted by Gasteiger charge is 2.26. The minimum absolute atomic E-state index is 0.00175. The smallest absolute Gasteiger partial charge is 0.247 e. The lowest BCUT2D eigenvalue weighted by Gasteiger charge is -2.36. The van der Waals surface area contributed by atoms with Crippen molar-refractivity contribution in [2.24, 2.45) is 0 Å². The van der Waals surface area contributed by atoms with Crippen molar-refractivity contribution in [2.45, 2.75) is 26.0 Å². The van der Waals surface area contributed by atoms with Crippen LogP contribution in [0.1, 0.15) is 19.6 Å². The van der Waals surface area contributed by atoms with E-state index in [9.17, 15) is 4.79 Å². The molecular formula is C17H19NO3. The predicted molar refractivity (Wildman–Crippen MR) is 81.8 cm³/mol. The molecule has 0 radical (unpaired) electrons. The maximum atomic E-state index is 12.3. The van der Waals surface area contributed by atoms with E-state index in [1.807, 2.05) is 49.1 Å². The molecule has 21 heavy (non-hydrogen) atoms. The number of fused-ring (bicyclic) bond motifs is 1. The number of carbonyl (C=O) groups is 1. The number of para-hydroxylation sites is 1. The summed E-state index contributed by atoms with van der Waals surface area (Å²) in [7, 11) is 0. The monoisotopic (exact) mass is 285 g/mol. The number of morpholine rings is 1. The summed E-state index contributed by atoms with van der Waals surface area (Å²) in [6, 6.07) is 9.84. The zero-order chi connectivity index (χ0) is 14.8. The molecule has 2 unspecified atom stereocenters. The van der Waals surface area contributed by atoms with Crippen molar-refractivity contribution in [1.29, 1.82) is 0 Å². The molecule has 0 N–H and O–H groups in total. The minimum Gasteiger partial charge on any atom is -0.457 e. The van der Waals surface area contributed by atoms with Gasteiger partial charge in [0, 0.05) is 18.0 Å². The molecule has 2 aromatic rings. The van der Waals surface area contributed by atoms with E-state index in [4.69, 9.17) is 9.15 Å². The number of hydrogen-bond donors (Lipinski definition) is 0. The quantitative estimate of drug-likeness (QED) is 0.796.